The minimum Gasteiger partial charge on any atom is -0.409 e. The van der Waals surface area contributed by atoms with Gasteiger partial charge >= 0.3 is 0 Å². The van der Waals surface area contributed by atoms with Gasteiger partial charge in [-0.05, 0) is 24.1 Å². The summed E-state index contributed by atoms with van der Waals surface area (Å²) in [5.41, 5.74) is 10.1. The fourth-order valence-electron chi connectivity index (χ4n) is 1.97. The van der Waals surface area contributed by atoms with Crippen molar-refractivity contribution in [1.29, 1.82) is 0 Å². The number of aryl methyl sites for hydroxylation is 1. The van der Waals surface area contributed by atoms with Crippen LogP contribution in [0, 0.1) is 6.92 Å². The standard InChI is InChI=1S/C16H18N2OS/c1-12-4-2-5-13(8-12)10-20-11-14-6-3-7-15(9-14)16(17)18-19/h2-9,19H,10-11H2,1H3,(H2,17,18). The van der Waals surface area contributed by atoms with Crippen LogP contribution in [0.5, 0.6) is 0 Å². The predicted molar refractivity (Wildman–Crippen MR) is 85.1 cm³/mol. The molecule has 0 atom stereocenters. The van der Waals surface area contributed by atoms with Crippen LogP contribution in [0.1, 0.15) is 22.3 Å². The van der Waals surface area contributed by atoms with E-state index >= 15 is 0 Å². The van der Waals surface area contributed by atoms with Gasteiger partial charge in [-0.1, -0.05) is 53.2 Å². The number of amidine groups is 1. The molecule has 0 aliphatic carbocycles. The molecule has 2 aromatic carbocycles. The van der Waals surface area contributed by atoms with Crippen molar-refractivity contribution in [3.05, 3.63) is 70.8 Å². The Kier molecular flexibility index (Phi) is 5.07. The highest BCUT2D eigenvalue weighted by Gasteiger charge is 2.01. The number of nitrogens with zero attached hydrogens (tertiary/aromatic N) is 1. The van der Waals surface area contributed by atoms with Gasteiger partial charge in [0.1, 0.15) is 0 Å². The zero-order chi connectivity index (χ0) is 14.4. The van der Waals surface area contributed by atoms with E-state index in [1.165, 1.54) is 16.7 Å². The van der Waals surface area contributed by atoms with Crippen LogP contribution < -0.4 is 5.73 Å². The third kappa shape index (κ3) is 4.03. The lowest BCUT2D eigenvalue weighted by Gasteiger charge is -2.05. The van der Waals surface area contributed by atoms with E-state index in [0.29, 0.717) is 0 Å². The fourth-order valence-corrected chi connectivity index (χ4v) is 2.90. The molecule has 4 heteroatoms. The van der Waals surface area contributed by atoms with Crippen molar-refractivity contribution in [3.63, 3.8) is 0 Å². The van der Waals surface area contributed by atoms with Crippen LogP contribution in [0.2, 0.25) is 0 Å². The maximum absolute atomic E-state index is 8.69. The molecule has 0 aliphatic heterocycles. The molecular weight excluding hydrogens is 268 g/mol. The summed E-state index contributed by atoms with van der Waals surface area (Å²) in [6, 6.07) is 16.3. The summed E-state index contributed by atoms with van der Waals surface area (Å²) in [4.78, 5) is 0. The average Bonchev–Trinajstić information content (AvgIpc) is 2.47. The lowest BCUT2D eigenvalue weighted by atomic mass is 10.1. The molecule has 0 radical (unpaired) electrons. The molecule has 0 unspecified atom stereocenters. The van der Waals surface area contributed by atoms with E-state index in [0.717, 1.165) is 17.1 Å². The van der Waals surface area contributed by atoms with Crippen molar-refractivity contribution in [2.45, 2.75) is 18.4 Å². The third-order valence-electron chi connectivity index (χ3n) is 2.95. The smallest absolute Gasteiger partial charge is 0.170 e. The molecule has 2 aromatic rings. The molecule has 0 bridgehead atoms. The van der Waals surface area contributed by atoms with E-state index in [1.807, 2.05) is 30.0 Å². The van der Waals surface area contributed by atoms with E-state index in [4.69, 9.17) is 10.9 Å². The van der Waals surface area contributed by atoms with Crippen LogP contribution >= 0.6 is 11.8 Å². The Labute approximate surface area is 123 Å². The number of thioether (sulfide) groups is 1. The molecule has 0 saturated heterocycles. The van der Waals surface area contributed by atoms with Crippen LogP contribution in [-0.2, 0) is 11.5 Å². The summed E-state index contributed by atoms with van der Waals surface area (Å²) in [7, 11) is 0. The second-order valence-corrected chi connectivity index (χ2v) is 5.65. The Morgan fingerprint density at radius 1 is 1.10 bits per heavy atom. The summed E-state index contributed by atoms with van der Waals surface area (Å²) in [6.07, 6.45) is 0. The molecule has 0 saturated carbocycles. The van der Waals surface area contributed by atoms with E-state index in [9.17, 15) is 0 Å². The minimum atomic E-state index is 0.149. The Morgan fingerprint density at radius 2 is 1.75 bits per heavy atom. The van der Waals surface area contributed by atoms with Gasteiger partial charge in [0.25, 0.3) is 0 Å². The zero-order valence-electron chi connectivity index (χ0n) is 11.4. The normalized spacial score (nSPS) is 11.6. The maximum atomic E-state index is 8.69. The molecule has 3 nitrogen and oxygen atoms in total. The first kappa shape index (κ1) is 14.5. The molecule has 2 rings (SSSR count). The molecule has 0 spiro atoms. The van der Waals surface area contributed by atoms with Crippen LogP contribution in [0.3, 0.4) is 0 Å². The third-order valence-corrected chi connectivity index (χ3v) is 4.03. The van der Waals surface area contributed by atoms with E-state index in [1.54, 1.807) is 0 Å². The summed E-state index contributed by atoms with van der Waals surface area (Å²) in [6.45, 7) is 2.11. The lowest BCUT2D eigenvalue weighted by Crippen LogP contribution is -2.13. The highest BCUT2D eigenvalue weighted by molar-refractivity contribution is 7.97. The molecule has 3 N–H and O–H groups in total. The molecular formula is C16H18N2OS. The minimum absolute atomic E-state index is 0.149. The average molecular weight is 286 g/mol. The first-order valence-corrected chi connectivity index (χ1v) is 7.54. The Morgan fingerprint density at radius 3 is 2.40 bits per heavy atom. The number of hydrogen-bond donors (Lipinski definition) is 2. The van der Waals surface area contributed by atoms with Crippen molar-refractivity contribution in [2.24, 2.45) is 10.9 Å². The number of benzene rings is 2. The SMILES string of the molecule is Cc1cccc(CSCc2cccc(C(N)=NO)c2)c1. The van der Waals surface area contributed by atoms with Gasteiger partial charge < -0.3 is 10.9 Å². The first-order chi connectivity index (χ1) is 9.69. The van der Waals surface area contributed by atoms with Crippen molar-refractivity contribution >= 4 is 17.6 Å². The monoisotopic (exact) mass is 286 g/mol. The zero-order valence-corrected chi connectivity index (χ0v) is 12.2. The highest BCUT2D eigenvalue weighted by Crippen LogP contribution is 2.19. The van der Waals surface area contributed by atoms with Gasteiger partial charge in [0.15, 0.2) is 5.84 Å². The van der Waals surface area contributed by atoms with Gasteiger partial charge in [0.05, 0.1) is 0 Å². The maximum Gasteiger partial charge on any atom is 0.170 e. The summed E-state index contributed by atoms with van der Waals surface area (Å²) in [5.74, 6) is 2.03. The van der Waals surface area contributed by atoms with E-state index < -0.39 is 0 Å². The number of oxime groups is 1. The largest absolute Gasteiger partial charge is 0.409 e. The molecule has 0 heterocycles. The lowest BCUT2D eigenvalue weighted by molar-refractivity contribution is 0.318. The molecule has 104 valence electrons. The highest BCUT2D eigenvalue weighted by atomic mass is 32.2. The van der Waals surface area contributed by atoms with Gasteiger partial charge in [0, 0.05) is 17.1 Å². The second-order valence-electron chi connectivity index (χ2n) is 4.67. The van der Waals surface area contributed by atoms with Gasteiger partial charge in [-0.25, -0.2) is 0 Å². The first-order valence-electron chi connectivity index (χ1n) is 6.39. The van der Waals surface area contributed by atoms with E-state index in [2.05, 4.69) is 42.4 Å². The van der Waals surface area contributed by atoms with Gasteiger partial charge in [-0.15, -0.1) is 0 Å². The topological polar surface area (TPSA) is 58.6 Å². The number of rotatable bonds is 5. The Hall–Kier alpha value is -1.94. The summed E-state index contributed by atoms with van der Waals surface area (Å²) >= 11 is 1.85. The summed E-state index contributed by atoms with van der Waals surface area (Å²) in [5, 5.41) is 11.7. The number of nitrogens with two attached hydrogens (primary N) is 1. The fraction of sp³-hybridized carbons (Fsp3) is 0.188. The second kappa shape index (κ2) is 7.01. The molecule has 0 aliphatic rings. The van der Waals surface area contributed by atoms with Gasteiger partial charge in [-0.3, -0.25) is 0 Å². The Bertz CT molecular complexity index is 611. The van der Waals surface area contributed by atoms with Crippen molar-refractivity contribution in [3.8, 4) is 0 Å². The van der Waals surface area contributed by atoms with E-state index in [-0.39, 0.29) is 5.84 Å². The van der Waals surface area contributed by atoms with Gasteiger partial charge in [0.2, 0.25) is 0 Å². The number of hydrogen-bond acceptors (Lipinski definition) is 3. The quantitative estimate of drug-likeness (QED) is 0.382. The van der Waals surface area contributed by atoms with Crippen LogP contribution in [0.25, 0.3) is 0 Å². The summed E-state index contributed by atoms with van der Waals surface area (Å²) < 4.78 is 0. The van der Waals surface area contributed by atoms with Crippen molar-refractivity contribution in [1.82, 2.24) is 0 Å². The molecule has 0 fully saturated rings. The van der Waals surface area contributed by atoms with Crippen LogP contribution in [0.4, 0.5) is 0 Å². The molecule has 20 heavy (non-hydrogen) atoms. The predicted octanol–water partition coefficient (Wildman–Crippen LogP) is 3.52. The Balaban J connectivity index is 1.94. The molecule has 0 aromatic heterocycles. The van der Waals surface area contributed by atoms with Gasteiger partial charge in [-0.2, -0.15) is 11.8 Å². The van der Waals surface area contributed by atoms with Crippen LogP contribution in [0.15, 0.2) is 53.7 Å². The van der Waals surface area contributed by atoms with Crippen LogP contribution in [-0.4, -0.2) is 11.0 Å². The molecule has 0 amide bonds. The van der Waals surface area contributed by atoms with Crippen molar-refractivity contribution in [2.75, 3.05) is 0 Å². The van der Waals surface area contributed by atoms with Crippen molar-refractivity contribution < 1.29 is 5.21 Å².